The van der Waals surface area contributed by atoms with E-state index in [1.54, 1.807) is 17.0 Å². The molecule has 0 aliphatic carbocycles. The van der Waals surface area contributed by atoms with Crippen molar-refractivity contribution in [3.63, 3.8) is 0 Å². The Morgan fingerprint density at radius 1 is 1.18 bits per heavy atom. The summed E-state index contributed by atoms with van der Waals surface area (Å²) >= 11 is 4.68. The van der Waals surface area contributed by atoms with Crippen LogP contribution >= 0.6 is 27.3 Å². The Hall–Kier alpha value is -2.58. The van der Waals surface area contributed by atoms with Gasteiger partial charge >= 0.3 is 0 Å². The number of nitrogens with zero attached hydrogens (tertiary/aromatic N) is 3. The topological polar surface area (TPSA) is 75.2 Å². The summed E-state index contributed by atoms with van der Waals surface area (Å²) in [5, 5.41) is 12.3. The molecule has 1 aromatic heterocycles. The van der Waals surface area contributed by atoms with E-state index in [0.717, 1.165) is 16.3 Å². The summed E-state index contributed by atoms with van der Waals surface area (Å²) in [6.45, 7) is 2.58. The number of rotatable bonds is 4. The van der Waals surface area contributed by atoms with Gasteiger partial charge in [-0.1, -0.05) is 41.2 Å². The van der Waals surface area contributed by atoms with Gasteiger partial charge in [-0.15, -0.1) is 10.2 Å². The normalized spacial score (nSPS) is 16.4. The number of hydrogen-bond acceptors (Lipinski definition) is 5. The molecule has 1 atom stereocenters. The van der Waals surface area contributed by atoms with E-state index in [2.05, 4.69) is 31.4 Å². The van der Waals surface area contributed by atoms with Crippen molar-refractivity contribution < 1.29 is 9.59 Å². The van der Waals surface area contributed by atoms with Crippen LogP contribution in [-0.2, 0) is 4.79 Å². The first-order valence-corrected chi connectivity index (χ1v) is 10.4. The Bertz CT molecular complexity index is 1030. The second kappa shape index (κ2) is 7.81. The van der Waals surface area contributed by atoms with Gasteiger partial charge in [-0.05, 0) is 47.1 Å². The van der Waals surface area contributed by atoms with Crippen molar-refractivity contribution >= 4 is 49.9 Å². The fourth-order valence-corrected chi connectivity index (χ4v) is 4.40. The zero-order valence-corrected chi connectivity index (χ0v) is 17.5. The van der Waals surface area contributed by atoms with Gasteiger partial charge in [0.25, 0.3) is 5.91 Å². The third-order valence-electron chi connectivity index (χ3n) is 4.60. The number of carbonyl (C=O) groups is 2. The average Bonchev–Trinajstić information content (AvgIpc) is 3.29. The third-order valence-corrected chi connectivity index (χ3v) is 6.29. The van der Waals surface area contributed by atoms with Crippen LogP contribution in [-0.4, -0.2) is 28.6 Å². The number of hydrogen-bond donors (Lipinski definition) is 1. The quantitative estimate of drug-likeness (QED) is 0.631. The Balaban J connectivity index is 1.46. The van der Waals surface area contributed by atoms with Gasteiger partial charge in [0.2, 0.25) is 11.0 Å². The molecule has 6 nitrogen and oxygen atoms in total. The molecule has 28 heavy (non-hydrogen) atoms. The molecule has 2 heterocycles. The Kier molecular flexibility index (Phi) is 5.23. The monoisotopic (exact) mass is 456 g/mol. The maximum absolute atomic E-state index is 12.5. The molecular formula is C20H17BrN4O2S. The summed E-state index contributed by atoms with van der Waals surface area (Å²) in [7, 11) is 0. The van der Waals surface area contributed by atoms with Gasteiger partial charge in [0.05, 0.1) is 5.56 Å². The van der Waals surface area contributed by atoms with Crippen LogP contribution in [0.1, 0.15) is 33.3 Å². The molecule has 1 N–H and O–H groups in total. The van der Waals surface area contributed by atoms with Crippen LogP contribution in [0.15, 0.2) is 53.0 Å². The molecule has 0 unspecified atom stereocenters. The molecule has 1 aliphatic rings. The lowest BCUT2D eigenvalue weighted by molar-refractivity contribution is -0.117. The fourth-order valence-electron chi connectivity index (χ4n) is 3.11. The summed E-state index contributed by atoms with van der Waals surface area (Å²) in [6.07, 6.45) is 0.390. The Morgan fingerprint density at radius 2 is 1.93 bits per heavy atom. The van der Waals surface area contributed by atoms with Gasteiger partial charge in [-0.25, -0.2) is 0 Å². The fraction of sp³-hybridized carbons (Fsp3) is 0.200. The minimum Gasteiger partial charge on any atom is -0.312 e. The first-order chi connectivity index (χ1) is 13.5. The van der Waals surface area contributed by atoms with Gasteiger partial charge in [-0.2, -0.15) is 0 Å². The summed E-state index contributed by atoms with van der Waals surface area (Å²) < 4.78 is 0.715. The lowest BCUT2D eigenvalue weighted by Crippen LogP contribution is -2.24. The molecule has 2 aromatic carbocycles. The molecule has 0 saturated carbocycles. The molecular weight excluding hydrogens is 440 g/mol. The molecule has 1 aliphatic heterocycles. The van der Waals surface area contributed by atoms with Crippen LogP contribution in [0.2, 0.25) is 0 Å². The van der Waals surface area contributed by atoms with Gasteiger partial charge in [-0.3, -0.25) is 14.9 Å². The molecule has 0 spiro atoms. The van der Waals surface area contributed by atoms with Crippen molar-refractivity contribution in [2.45, 2.75) is 19.3 Å². The summed E-state index contributed by atoms with van der Waals surface area (Å²) in [5.74, 6) is -0.206. The maximum atomic E-state index is 12.5. The van der Waals surface area contributed by atoms with Crippen molar-refractivity contribution in [3.05, 3.63) is 69.1 Å². The van der Waals surface area contributed by atoms with Gasteiger partial charge in [0, 0.05) is 29.0 Å². The predicted octanol–water partition coefficient (Wildman–Crippen LogP) is 4.38. The van der Waals surface area contributed by atoms with Crippen LogP contribution in [0.3, 0.4) is 0 Å². The molecule has 0 bridgehead atoms. The maximum Gasteiger partial charge on any atom is 0.258 e. The molecule has 3 aromatic rings. The molecule has 4 rings (SSSR count). The third kappa shape index (κ3) is 3.83. The number of carbonyl (C=O) groups excluding carboxylic acids is 2. The van der Waals surface area contributed by atoms with Crippen molar-refractivity contribution in [2.75, 3.05) is 16.8 Å². The SMILES string of the molecule is Cc1ccc(N2C[C@H](c3nnc(NC(=O)c4ccccc4Br)s3)CC2=O)cc1. The second-order valence-corrected chi connectivity index (χ2v) is 8.48. The second-order valence-electron chi connectivity index (χ2n) is 6.62. The van der Waals surface area contributed by atoms with Crippen molar-refractivity contribution in [1.82, 2.24) is 10.2 Å². The average molecular weight is 457 g/mol. The highest BCUT2D eigenvalue weighted by Crippen LogP contribution is 2.34. The van der Waals surface area contributed by atoms with Gasteiger partial charge in [0.15, 0.2) is 0 Å². The first kappa shape index (κ1) is 18.8. The van der Waals surface area contributed by atoms with Crippen LogP contribution in [0, 0.1) is 6.92 Å². The van der Waals surface area contributed by atoms with Crippen molar-refractivity contribution in [3.8, 4) is 0 Å². The zero-order valence-electron chi connectivity index (χ0n) is 15.1. The number of aromatic nitrogens is 2. The highest BCUT2D eigenvalue weighted by atomic mass is 79.9. The number of amides is 2. The predicted molar refractivity (Wildman–Crippen MR) is 113 cm³/mol. The first-order valence-electron chi connectivity index (χ1n) is 8.77. The van der Waals surface area contributed by atoms with Crippen LogP contribution < -0.4 is 10.2 Å². The lowest BCUT2D eigenvalue weighted by Gasteiger charge is -2.16. The summed E-state index contributed by atoms with van der Waals surface area (Å²) in [6, 6.07) is 15.1. The standard InChI is InChI=1S/C20H17BrN4O2S/c1-12-6-8-14(9-7-12)25-11-13(10-17(25)26)19-23-24-20(28-19)22-18(27)15-4-2-3-5-16(15)21/h2-9,13H,10-11H2,1H3,(H,22,24,27)/t13-/m1/s1. The largest absolute Gasteiger partial charge is 0.312 e. The van der Waals surface area contributed by atoms with Crippen LogP contribution in [0.5, 0.6) is 0 Å². The van der Waals surface area contributed by atoms with Gasteiger partial charge < -0.3 is 4.90 Å². The van der Waals surface area contributed by atoms with E-state index in [1.807, 2.05) is 43.3 Å². The molecule has 1 fully saturated rings. The van der Waals surface area contributed by atoms with E-state index in [0.29, 0.717) is 28.1 Å². The highest BCUT2D eigenvalue weighted by molar-refractivity contribution is 9.10. The van der Waals surface area contributed by atoms with E-state index >= 15 is 0 Å². The number of nitrogens with one attached hydrogen (secondary N) is 1. The molecule has 2 amide bonds. The number of aryl methyl sites for hydroxylation is 1. The van der Waals surface area contributed by atoms with E-state index in [4.69, 9.17) is 0 Å². The van der Waals surface area contributed by atoms with Gasteiger partial charge in [0.1, 0.15) is 5.01 Å². The smallest absolute Gasteiger partial charge is 0.258 e. The zero-order chi connectivity index (χ0) is 19.7. The van der Waals surface area contributed by atoms with E-state index in [1.165, 1.54) is 11.3 Å². The molecule has 1 saturated heterocycles. The molecule has 8 heteroatoms. The highest BCUT2D eigenvalue weighted by Gasteiger charge is 2.34. The van der Waals surface area contributed by atoms with Crippen LogP contribution in [0.25, 0.3) is 0 Å². The molecule has 142 valence electrons. The molecule has 0 radical (unpaired) electrons. The van der Waals surface area contributed by atoms with Crippen LogP contribution in [0.4, 0.5) is 10.8 Å². The Labute approximate surface area is 174 Å². The minimum atomic E-state index is -0.251. The minimum absolute atomic E-state index is 0.0274. The summed E-state index contributed by atoms with van der Waals surface area (Å²) in [4.78, 5) is 26.7. The number of halogens is 1. The van der Waals surface area contributed by atoms with E-state index < -0.39 is 0 Å². The van der Waals surface area contributed by atoms with Crippen molar-refractivity contribution in [1.29, 1.82) is 0 Å². The van der Waals surface area contributed by atoms with Crippen molar-refractivity contribution in [2.24, 2.45) is 0 Å². The summed E-state index contributed by atoms with van der Waals surface area (Å²) in [5.41, 5.74) is 2.58. The number of benzene rings is 2. The number of anilines is 2. The lowest BCUT2D eigenvalue weighted by atomic mass is 10.1. The van der Waals surface area contributed by atoms with E-state index in [9.17, 15) is 9.59 Å². The van der Waals surface area contributed by atoms with E-state index in [-0.39, 0.29) is 17.7 Å². The Morgan fingerprint density at radius 3 is 2.68 bits per heavy atom.